The molecule has 4 aromatic rings. The topological polar surface area (TPSA) is 84.2 Å². The SMILES string of the molecule is CNC(=O)c1c(-c2ccc(F)cc2)oc2nc(NCC(F)(F)F)c(-c3ccc(F)c(C(=O)CC45CC(C4)C5)c3)cc12. The number of halogens is 5. The Morgan fingerprint density at radius 3 is 2.32 bits per heavy atom. The number of aromatic nitrogens is 1. The Bertz CT molecular complexity index is 1680. The van der Waals surface area contributed by atoms with Gasteiger partial charge in [-0.3, -0.25) is 9.59 Å². The molecule has 7 rings (SSSR count). The normalized spacial score (nSPS) is 19.4. The van der Waals surface area contributed by atoms with Crippen LogP contribution in [0.5, 0.6) is 0 Å². The van der Waals surface area contributed by atoms with Gasteiger partial charge in [-0.2, -0.15) is 18.2 Å². The summed E-state index contributed by atoms with van der Waals surface area (Å²) in [4.78, 5) is 30.3. The molecule has 3 saturated carbocycles. The van der Waals surface area contributed by atoms with Crippen LogP contribution in [0.3, 0.4) is 0 Å². The maximum absolute atomic E-state index is 14.8. The van der Waals surface area contributed by atoms with Crippen LogP contribution >= 0.6 is 0 Å². The van der Waals surface area contributed by atoms with E-state index in [9.17, 15) is 31.5 Å². The first-order valence-electron chi connectivity index (χ1n) is 13.0. The van der Waals surface area contributed by atoms with Gasteiger partial charge in [0.25, 0.3) is 5.91 Å². The third kappa shape index (κ3) is 4.93. The Labute approximate surface area is 230 Å². The molecule has 3 aliphatic carbocycles. The number of alkyl halides is 3. The molecule has 0 spiro atoms. The number of carbonyl (C=O) groups is 2. The fourth-order valence-corrected chi connectivity index (χ4v) is 5.93. The smallest absolute Gasteiger partial charge is 0.405 e. The molecule has 2 aromatic carbocycles. The molecule has 11 heteroatoms. The minimum absolute atomic E-state index is 0.0345. The standard InChI is InChI=1S/C30H24F5N3O3/c1-36-27(40)24-21-9-19(17-4-7-22(32)20(8-17)23(39)13-29-10-15(11-29)12-29)26(37-14-30(33,34)35)38-28(21)41-25(24)16-2-5-18(31)6-3-16/h2-9,15H,10-14H2,1H3,(H,36,40)(H,37,38). The minimum atomic E-state index is -4.59. The summed E-state index contributed by atoms with van der Waals surface area (Å²) < 4.78 is 73.8. The number of Topliss-reactive ketones (excluding diaryl/α,β-unsaturated/α-hetero) is 1. The molecule has 0 unspecified atom stereocenters. The Balaban J connectivity index is 1.50. The van der Waals surface area contributed by atoms with Crippen molar-refractivity contribution in [3.8, 4) is 22.5 Å². The van der Waals surface area contributed by atoms with E-state index in [1.165, 1.54) is 49.5 Å². The number of hydrogen-bond donors (Lipinski definition) is 2. The molecule has 0 saturated heterocycles. The van der Waals surface area contributed by atoms with Crippen LogP contribution in [0.15, 0.2) is 52.9 Å². The van der Waals surface area contributed by atoms with Gasteiger partial charge < -0.3 is 15.1 Å². The summed E-state index contributed by atoms with van der Waals surface area (Å²) in [5, 5.41) is 4.94. The Morgan fingerprint density at radius 1 is 1.02 bits per heavy atom. The van der Waals surface area contributed by atoms with Gasteiger partial charge >= 0.3 is 6.18 Å². The van der Waals surface area contributed by atoms with Gasteiger partial charge in [-0.1, -0.05) is 6.07 Å². The highest BCUT2D eigenvalue weighted by Gasteiger charge is 2.57. The van der Waals surface area contributed by atoms with E-state index in [0.29, 0.717) is 11.5 Å². The highest BCUT2D eigenvalue weighted by molar-refractivity contribution is 6.11. The van der Waals surface area contributed by atoms with Crippen LogP contribution in [-0.2, 0) is 0 Å². The van der Waals surface area contributed by atoms with E-state index in [-0.39, 0.29) is 62.6 Å². The van der Waals surface area contributed by atoms with E-state index in [1.807, 2.05) is 0 Å². The first kappa shape index (κ1) is 26.9. The predicted molar refractivity (Wildman–Crippen MR) is 141 cm³/mol. The van der Waals surface area contributed by atoms with Crippen LogP contribution in [0, 0.1) is 23.0 Å². The second-order valence-corrected chi connectivity index (χ2v) is 10.9. The highest BCUT2D eigenvalue weighted by Crippen LogP contribution is 2.66. The molecule has 2 N–H and O–H groups in total. The fraction of sp³-hybridized carbons (Fsp3) is 0.300. The molecule has 3 aliphatic rings. The van der Waals surface area contributed by atoms with Gasteiger partial charge in [-0.25, -0.2) is 8.78 Å². The van der Waals surface area contributed by atoms with Crippen molar-refractivity contribution < 1.29 is 36.0 Å². The van der Waals surface area contributed by atoms with Gasteiger partial charge in [0, 0.05) is 24.6 Å². The van der Waals surface area contributed by atoms with Crippen molar-refractivity contribution in [3.63, 3.8) is 0 Å². The number of hydrogen-bond acceptors (Lipinski definition) is 5. The summed E-state index contributed by atoms with van der Waals surface area (Å²) >= 11 is 0. The molecule has 212 valence electrons. The number of anilines is 1. The lowest BCUT2D eigenvalue weighted by atomic mass is 9.43. The van der Waals surface area contributed by atoms with Crippen molar-refractivity contribution in [1.82, 2.24) is 10.3 Å². The summed E-state index contributed by atoms with van der Waals surface area (Å²) in [6.07, 6.45) is -1.53. The highest BCUT2D eigenvalue weighted by atomic mass is 19.4. The molecule has 0 atom stereocenters. The van der Waals surface area contributed by atoms with Gasteiger partial charge in [0.15, 0.2) is 5.78 Å². The Morgan fingerprint density at radius 2 is 1.71 bits per heavy atom. The third-order valence-corrected chi connectivity index (χ3v) is 7.98. The quantitative estimate of drug-likeness (QED) is 0.174. The molecule has 2 bridgehead atoms. The van der Waals surface area contributed by atoms with Crippen LogP contribution < -0.4 is 10.6 Å². The average molecular weight is 570 g/mol. The first-order valence-corrected chi connectivity index (χ1v) is 13.0. The van der Waals surface area contributed by atoms with E-state index in [0.717, 1.165) is 25.3 Å². The second kappa shape index (κ2) is 9.67. The van der Waals surface area contributed by atoms with E-state index in [2.05, 4.69) is 15.6 Å². The number of rotatable bonds is 8. The summed E-state index contributed by atoms with van der Waals surface area (Å²) in [5.74, 6) is -1.72. The maximum atomic E-state index is 14.8. The second-order valence-electron chi connectivity index (χ2n) is 10.9. The zero-order valence-corrected chi connectivity index (χ0v) is 21.8. The van der Waals surface area contributed by atoms with Gasteiger partial charge in [0.05, 0.1) is 16.5 Å². The summed E-state index contributed by atoms with van der Waals surface area (Å²) in [7, 11) is 1.40. The molecule has 2 heterocycles. The molecule has 1 amide bonds. The summed E-state index contributed by atoms with van der Waals surface area (Å²) in [6, 6.07) is 10.3. The monoisotopic (exact) mass is 569 g/mol. The van der Waals surface area contributed by atoms with E-state index < -0.39 is 30.3 Å². The number of furan rings is 1. The van der Waals surface area contributed by atoms with Crippen LogP contribution in [0.4, 0.5) is 27.8 Å². The van der Waals surface area contributed by atoms with Gasteiger partial charge in [-0.15, -0.1) is 0 Å². The van der Waals surface area contributed by atoms with Crippen molar-refractivity contribution >= 4 is 28.6 Å². The number of ketones is 1. The van der Waals surface area contributed by atoms with Gasteiger partial charge in [0.1, 0.15) is 29.8 Å². The molecule has 2 aromatic heterocycles. The number of benzene rings is 2. The number of pyridine rings is 1. The molecule has 3 fully saturated rings. The van der Waals surface area contributed by atoms with E-state index in [4.69, 9.17) is 4.42 Å². The lowest BCUT2D eigenvalue weighted by molar-refractivity contribution is -0.115. The number of nitrogens with one attached hydrogen (secondary N) is 2. The lowest BCUT2D eigenvalue weighted by Gasteiger charge is -2.62. The molecule has 0 radical (unpaired) electrons. The molecule has 0 aliphatic heterocycles. The third-order valence-electron chi connectivity index (χ3n) is 7.98. The van der Waals surface area contributed by atoms with E-state index in [1.54, 1.807) is 0 Å². The predicted octanol–water partition coefficient (Wildman–Crippen LogP) is 7.15. The van der Waals surface area contributed by atoms with Crippen molar-refractivity contribution in [3.05, 3.63) is 71.3 Å². The summed E-state index contributed by atoms with van der Waals surface area (Å²) in [5.41, 5.74) is 0.361. The molecule has 6 nitrogen and oxygen atoms in total. The van der Waals surface area contributed by atoms with E-state index >= 15 is 0 Å². The van der Waals surface area contributed by atoms with Crippen LogP contribution in [-0.4, -0.2) is 36.4 Å². The lowest BCUT2D eigenvalue weighted by Crippen LogP contribution is -2.52. The zero-order chi connectivity index (χ0) is 29.1. The number of amides is 1. The van der Waals surface area contributed by atoms with Gasteiger partial charge in [-0.05, 0) is 78.6 Å². The van der Waals surface area contributed by atoms with Crippen molar-refractivity contribution in [1.29, 1.82) is 0 Å². The number of carbonyl (C=O) groups excluding carboxylic acids is 2. The van der Waals surface area contributed by atoms with Crippen LogP contribution in [0.25, 0.3) is 33.6 Å². The fourth-order valence-electron chi connectivity index (χ4n) is 5.93. The van der Waals surface area contributed by atoms with Crippen molar-refractivity contribution in [2.24, 2.45) is 11.3 Å². The average Bonchev–Trinajstić information content (AvgIpc) is 3.26. The number of fused-ring (bicyclic) bond motifs is 1. The molecular weight excluding hydrogens is 545 g/mol. The maximum Gasteiger partial charge on any atom is 0.405 e. The minimum Gasteiger partial charge on any atom is -0.437 e. The van der Waals surface area contributed by atoms with Crippen LogP contribution in [0.1, 0.15) is 46.4 Å². The summed E-state index contributed by atoms with van der Waals surface area (Å²) in [6.45, 7) is -1.43. The van der Waals surface area contributed by atoms with Crippen molar-refractivity contribution in [2.75, 3.05) is 18.9 Å². The van der Waals surface area contributed by atoms with Gasteiger partial charge in [0.2, 0.25) is 5.71 Å². The van der Waals surface area contributed by atoms with Crippen LogP contribution in [0.2, 0.25) is 0 Å². The zero-order valence-electron chi connectivity index (χ0n) is 21.8. The Hall–Kier alpha value is -4.28. The van der Waals surface area contributed by atoms with Crippen molar-refractivity contribution in [2.45, 2.75) is 31.9 Å². The molecule has 41 heavy (non-hydrogen) atoms. The molecular formula is C30H24F5N3O3. The number of nitrogens with zero attached hydrogens (tertiary/aromatic N) is 1. The Kier molecular flexibility index (Phi) is 6.35. The first-order chi connectivity index (χ1) is 19.4. The largest absolute Gasteiger partial charge is 0.437 e.